The normalized spacial score (nSPS) is 17.7. The Hall–Kier alpha value is -1.47. The molecule has 108 valence electrons. The van der Waals surface area contributed by atoms with Gasteiger partial charge >= 0.3 is 0 Å². The molecule has 0 saturated carbocycles. The SMILES string of the molecule is [O-][Cl+3]([O-])([O-])OS1=CC(c2ccccc2)=Cc2ccccc21. The summed E-state index contributed by atoms with van der Waals surface area (Å²) in [5.74, 6) is 0. The molecule has 6 heteroatoms. The fourth-order valence-electron chi connectivity index (χ4n) is 2.08. The minimum absolute atomic E-state index is 0.684. The smallest absolute Gasteiger partial charge is 0.141 e. The summed E-state index contributed by atoms with van der Waals surface area (Å²) >= 11 is 0. The van der Waals surface area contributed by atoms with Crippen LogP contribution in [0.1, 0.15) is 11.1 Å². The van der Waals surface area contributed by atoms with Gasteiger partial charge in [0.05, 0.1) is 15.1 Å². The maximum Gasteiger partial charge on any atom is 0.141 e. The van der Waals surface area contributed by atoms with Crippen molar-refractivity contribution < 1.29 is 28.0 Å². The third-order valence-electron chi connectivity index (χ3n) is 2.93. The lowest BCUT2D eigenvalue weighted by Crippen LogP contribution is -2.60. The first kappa shape index (κ1) is 14.5. The lowest BCUT2D eigenvalue weighted by atomic mass is 10.0. The van der Waals surface area contributed by atoms with Gasteiger partial charge in [0, 0.05) is 5.37 Å². The summed E-state index contributed by atoms with van der Waals surface area (Å²) in [6.45, 7) is 0. The molecule has 4 nitrogen and oxygen atoms in total. The average Bonchev–Trinajstić information content (AvgIpc) is 2.46. The second-order valence-electron chi connectivity index (χ2n) is 4.36. The van der Waals surface area contributed by atoms with E-state index in [1.165, 1.54) is 0 Å². The third kappa shape index (κ3) is 3.41. The summed E-state index contributed by atoms with van der Waals surface area (Å²) in [6.07, 6.45) is 1.95. The largest absolute Gasteiger partial charge is 0.182 e. The van der Waals surface area contributed by atoms with E-state index in [1.807, 2.05) is 48.5 Å². The Morgan fingerprint density at radius 1 is 0.857 bits per heavy atom. The first-order chi connectivity index (χ1) is 10.0. The van der Waals surface area contributed by atoms with Crippen molar-refractivity contribution in [3.8, 4) is 0 Å². The highest BCUT2D eigenvalue weighted by Gasteiger charge is 2.27. The molecule has 0 radical (unpaired) electrons. The summed E-state index contributed by atoms with van der Waals surface area (Å²) in [6, 6.07) is 16.8. The van der Waals surface area contributed by atoms with Crippen LogP contribution in [0.25, 0.3) is 11.6 Å². The van der Waals surface area contributed by atoms with Crippen LogP contribution in [-0.2, 0) is 3.74 Å². The number of halogens is 1. The molecule has 1 atom stereocenters. The van der Waals surface area contributed by atoms with Crippen molar-refractivity contribution in [2.75, 3.05) is 0 Å². The molecule has 0 aliphatic carbocycles. The van der Waals surface area contributed by atoms with E-state index in [-0.39, 0.29) is 0 Å². The van der Waals surface area contributed by atoms with Crippen molar-refractivity contribution in [3.05, 3.63) is 65.7 Å². The van der Waals surface area contributed by atoms with E-state index < -0.39 is 21.0 Å². The predicted octanol–water partition coefficient (Wildman–Crippen LogP) is 0.500. The zero-order chi connectivity index (χ0) is 14.9. The predicted molar refractivity (Wildman–Crippen MR) is 73.8 cm³/mol. The Balaban J connectivity index is 2.10. The van der Waals surface area contributed by atoms with Gasteiger partial charge < -0.3 is 0 Å². The minimum Gasteiger partial charge on any atom is -0.182 e. The number of rotatable bonds is 3. The molecular formula is C15H11ClO4S. The molecule has 0 fully saturated rings. The van der Waals surface area contributed by atoms with E-state index in [4.69, 9.17) is 0 Å². The van der Waals surface area contributed by atoms with Crippen molar-refractivity contribution in [2.24, 2.45) is 0 Å². The number of benzene rings is 2. The fraction of sp³-hybridized carbons (Fsp3) is 0. The second kappa shape index (κ2) is 5.73. The van der Waals surface area contributed by atoms with E-state index in [2.05, 4.69) is 3.74 Å². The topological polar surface area (TPSA) is 78.4 Å². The highest BCUT2D eigenvalue weighted by Crippen LogP contribution is 2.39. The molecular weight excluding hydrogens is 312 g/mol. The van der Waals surface area contributed by atoms with Crippen molar-refractivity contribution in [2.45, 2.75) is 4.90 Å². The maximum absolute atomic E-state index is 10.9. The number of allylic oxidation sites excluding steroid dienone is 1. The molecule has 1 aliphatic rings. The van der Waals surface area contributed by atoms with Crippen LogP contribution in [0.15, 0.2) is 59.5 Å². The van der Waals surface area contributed by atoms with Crippen LogP contribution in [-0.4, -0.2) is 5.37 Å². The zero-order valence-electron chi connectivity index (χ0n) is 10.8. The number of fused-ring (bicyclic) bond motifs is 1. The van der Waals surface area contributed by atoms with Gasteiger partial charge in [-0.1, -0.05) is 48.5 Å². The van der Waals surface area contributed by atoms with Crippen molar-refractivity contribution in [1.82, 2.24) is 0 Å². The molecule has 1 heterocycles. The van der Waals surface area contributed by atoms with Gasteiger partial charge in [-0.05, 0) is 28.8 Å². The highest BCUT2D eigenvalue weighted by atomic mass is 35.7. The summed E-state index contributed by atoms with van der Waals surface area (Å²) in [4.78, 5) is 0.684. The van der Waals surface area contributed by atoms with Gasteiger partial charge in [-0.3, -0.25) is 0 Å². The van der Waals surface area contributed by atoms with Crippen LogP contribution in [0.3, 0.4) is 0 Å². The Kier molecular flexibility index (Phi) is 3.95. The highest BCUT2D eigenvalue weighted by molar-refractivity contribution is 8.11. The van der Waals surface area contributed by atoms with Gasteiger partial charge in [-0.2, -0.15) is 14.0 Å². The van der Waals surface area contributed by atoms with Crippen molar-refractivity contribution in [3.63, 3.8) is 0 Å². The van der Waals surface area contributed by atoms with Gasteiger partial charge in [0.1, 0.15) is 14.5 Å². The van der Waals surface area contributed by atoms with E-state index >= 15 is 0 Å². The lowest BCUT2D eigenvalue weighted by Gasteiger charge is -2.18. The molecule has 0 amide bonds. The standard InChI is InChI=1S/C15H11ClO4S/c17-16(18,19)20-21-11-14(12-6-2-1-3-7-12)10-13-8-4-5-9-15(13)21/h1-11H. The molecule has 1 unspecified atom stereocenters. The van der Waals surface area contributed by atoms with E-state index in [9.17, 15) is 14.0 Å². The molecule has 2 aromatic carbocycles. The van der Waals surface area contributed by atoms with E-state index in [0.717, 1.165) is 16.7 Å². The lowest BCUT2D eigenvalue weighted by molar-refractivity contribution is -1.91. The number of hydrogen-bond donors (Lipinski definition) is 0. The second-order valence-corrected chi connectivity index (χ2v) is 6.89. The quantitative estimate of drug-likeness (QED) is 0.771. The first-order valence-corrected chi connectivity index (χ1v) is 8.53. The minimum atomic E-state index is -4.48. The Morgan fingerprint density at radius 3 is 2.24 bits per heavy atom. The van der Waals surface area contributed by atoms with Crippen LogP contribution >= 0.6 is 10.8 Å². The molecule has 0 N–H and O–H groups in total. The van der Waals surface area contributed by atoms with Gasteiger partial charge in [0.25, 0.3) is 0 Å². The summed E-state index contributed by atoms with van der Waals surface area (Å²) < 4.78 is 37.4. The molecule has 0 bridgehead atoms. The van der Waals surface area contributed by atoms with Crippen LogP contribution in [0.5, 0.6) is 0 Å². The molecule has 3 rings (SSSR count). The Labute approximate surface area is 126 Å². The average molecular weight is 323 g/mol. The fourth-order valence-corrected chi connectivity index (χ4v) is 4.30. The van der Waals surface area contributed by atoms with Crippen LogP contribution in [0.2, 0.25) is 0 Å². The molecule has 21 heavy (non-hydrogen) atoms. The number of hydrogen-bond acceptors (Lipinski definition) is 4. The van der Waals surface area contributed by atoms with E-state index in [1.54, 1.807) is 17.5 Å². The Bertz CT molecular complexity index is 720. The molecule has 0 spiro atoms. The molecule has 0 aromatic heterocycles. The first-order valence-electron chi connectivity index (χ1n) is 6.08. The van der Waals surface area contributed by atoms with Crippen molar-refractivity contribution >= 4 is 27.8 Å². The molecule has 2 aromatic rings. The van der Waals surface area contributed by atoms with Gasteiger partial charge in [-0.15, -0.1) is 0 Å². The Morgan fingerprint density at radius 2 is 1.52 bits per heavy atom. The van der Waals surface area contributed by atoms with E-state index in [0.29, 0.717) is 4.90 Å². The third-order valence-corrected chi connectivity index (χ3v) is 5.37. The van der Waals surface area contributed by atoms with Gasteiger partial charge in [0.2, 0.25) is 0 Å². The summed E-state index contributed by atoms with van der Waals surface area (Å²) in [5.41, 5.74) is 2.62. The maximum atomic E-state index is 10.9. The summed E-state index contributed by atoms with van der Waals surface area (Å²) in [7, 11) is -5.71. The molecule has 0 saturated heterocycles. The van der Waals surface area contributed by atoms with Crippen LogP contribution in [0, 0.1) is 10.2 Å². The van der Waals surface area contributed by atoms with Gasteiger partial charge in [0.15, 0.2) is 0 Å². The molecule has 1 aliphatic heterocycles. The van der Waals surface area contributed by atoms with Crippen molar-refractivity contribution in [1.29, 1.82) is 0 Å². The summed E-state index contributed by atoms with van der Waals surface area (Å²) in [5, 5.41) is 1.67. The monoisotopic (exact) mass is 322 g/mol. The van der Waals surface area contributed by atoms with Crippen LogP contribution < -0.4 is 14.0 Å². The zero-order valence-corrected chi connectivity index (χ0v) is 12.3. The van der Waals surface area contributed by atoms with Crippen LogP contribution in [0.4, 0.5) is 0 Å². The van der Waals surface area contributed by atoms with Gasteiger partial charge in [-0.25, -0.2) is 0 Å².